The van der Waals surface area contributed by atoms with E-state index < -0.39 is 12.2 Å². The van der Waals surface area contributed by atoms with Gasteiger partial charge in [-0.2, -0.15) is 0 Å². The highest BCUT2D eigenvalue weighted by Crippen LogP contribution is 1.96. The van der Waals surface area contributed by atoms with Crippen LogP contribution in [0.2, 0.25) is 0 Å². The zero-order valence-corrected chi connectivity index (χ0v) is 11.1. The lowest BCUT2D eigenvalue weighted by Crippen LogP contribution is -3.08. The fraction of sp³-hybridized carbons (Fsp3) is 0.778. The van der Waals surface area contributed by atoms with Crippen molar-refractivity contribution in [3.8, 4) is 0 Å². The van der Waals surface area contributed by atoms with Gasteiger partial charge in [0.1, 0.15) is 18.8 Å². The van der Waals surface area contributed by atoms with E-state index in [2.05, 4.69) is 0 Å². The molecule has 1 aliphatic rings. The lowest BCUT2D eigenvalue weighted by atomic mass is 10.4. The summed E-state index contributed by atoms with van der Waals surface area (Å²) in [6.07, 6.45) is 2.88. The Labute approximate surface area is 112 Å². The van der Waals surface area contributed by atoms with Crippen molar-refractivity contribution in [3.63, 3.8) is 0 Å². The number of aliphatic hydroxyl groups is 2. The standard InChI is InChI=1S/C9H16Cl2N2O2.ClH/c10-3-8(14)5-12-1-2-13(7-12)6-9(15)4-11;/h1-2,8-9,14-15H,3-7H2;1H. The molecule has 3 atom stereocenters. The van der Waals surface area contributed by atoms with Crippen molar-refractivity contribution in [2.45, 2.75) is 12.2 Å². The Balaban J connectivity index is 0.00000225. The molecule has 96 valence electrons. The van der Waals surface area contributed by atoms with Crippen LogP contribution in [0.5, 0.6) is 0 Å². The molecule has 1 heterocycles. The molecule has 0 amide bonds. The van der Waals surface area contributed by atoms with Gasteiger partial charge >= 0.3 is 0 Å². The van der Waals surface area contributed by atoms with Gasteiger partial charge in [-0.15, -0.1) is 23.2 Å². The SMILES string of the molecule is OC(CCl)CN1C=C[NH+](CC(O)CCl)C1.[Cl-]. The third kappa shape index (κ3) is 5.57. The Kier molecular flexibility index (Phi) is 8.54. The van der Waals surface area contributed by atoms with Crippen LogP contribution in [0.1, 0.15) is 0 Å². The highest BCUT2D eigenvalue weighted by molar-refractivity contribution is 6.18. The summed E-state index contributed by atoms with van der Waals surface area (Å²) in [5.41, 5.74) is 0. The minimum atomic E-state index is -0.506. The predicted octanol–water partition coefficient (Wildman–Crippen LogP) is -4.18. The number of quaternary nitrogens is 1. The summed E-state index contributed by atoms with van der Waals surface area (Å²) in [5.74, 6) is 0.492. The highest BCUT2D eigenvalue weighted by atomic mass is 35.5. The van der Waals surface area contributed by atoms with Crippen LogP contribution in [-0.2, 0) is 0 Å². The number of β-amino-alcohol motifs (C(OH)–C–C–N with tert-alkyl or cyclic N) is 1. The van der Waals surface area contributed by atoms with Gasteiger partial charge in [0.15, 0.2) is 6.67 Å². The van der Waals surface area contributed by atoms with Gasteiger partial charge in [-0.05, 0) is 0 Å². The van der Waals surface area contributed by atoms with Crippen molar-refractivity contribution >= 4 is 23.2 Å². The minimum absolute atomic E-state index is 0. The van der Waals surface area contributed by atoms with Gasteiger partial charge in [0.25, 0.3) is 0 Å². The van der Waals surface area contributed by atoms with Crippen LogP contribution in [-0.4, -0.2) is 58.8 Å². The fourth-order valence-electron chi connectivity index (χ4n) is 1.51. The molecular formula is C9H17Cl3N2O2. The summed E-state index contributed by atoms with van der Waals surface area (Å²) < 4.78 is 0. The molecular weight excluding hydrogens is 274 g/mol. The van der Waals surface area contributed by atoms with Crippen molar-refractivity contribution in [2.24, 2.45) is 0 Å². The third-order valence-corrected chi connectivity index (χ3v) is 2.94. The van der Waals surface area contributed by atoms with Crippen LogP contribution in [0.4, 0.5) is 0 Å². The fourth-order valence-corrected chi connectivity index (χ4v) is 1.72. The van der Waals surface area contributed by atoms with E-state index in [0.717, 1.165) is 11.6 Å². The zero-order valence-electron chi connectivity index (χ0n) is 8.82. The first-order valence-corrected chi connectivity index (χ1v) is 5.97. The smallest absolute Gasteiger partial charge is 0.157 e. The lowest BCUT2D eigenvalue weighted by molar-refractivity contribution is -0.852. The zero-order chi connectivity index (χ0) is 11.3. The first-order chi connectivity index (χ1) is 7.15. The molecule has 0 saturated carbocycles. The average molecular weight is 292 g/mol. The van der Waals surface area contributed by atoms with Crippen molar-refractivity contribution in [3.05, 3.63) is 12.4 Å². The summed E-state index contributed by atoms with van der Waals surface area (Å²) in [6.45, 7) is 1.86. The van der Waals surface area contributed by atoms with E-state index in [1.54, 1.807) is 0 Å². The Morgan fingerprint density at radius 1 is 1.25 bits per heavy atom. The molecule has 0 bridgehead atoms. The maximum atomic E-state index is 9.36. The number of rotatable bonds is 6. The quantitative estimate of drug-likeness (QED) is 0.435. The maximum Gasteiger partial charge on any atom is 0.157 e. The molecule has 0 aromatic heterocycles. The topological polar surface area (TPSA) is 48.1 Å². The van der Waals surface area contributed by atoms with Gasteiger partial charge in [-0.25, -0.2) is 0 Å². The molecule has 1 rings (SSSR count). The van der Waals surface area contributed by atoms with Gasteiger partial charge in [0.05, 0.1) is 24.1 Å². The number of hydrogen-bond acceptors (Lipinski definition) is 3. The van der Waals surface area contributed by atoms with Gasteiger partial charge in [-0.3, -0.25) is 4.90 Å². The van der Waals surface area contributed by atoms with Crippen molar-refractivity contribution in [2.75, 3.05) is 31.5 Å². The molecule has 7 heteroatoms. The number of alkyl halides is 2. The molecule has 3 N–H and O–H groups in total. The van der Waals surface area contributed by atoms with Gasteiger partial charge < -0.3 is 27.5 Å². The second-order valence-corrected chi connectivity index (χ2v) is 4.34. The second kappa shape index (κ2) is 8.39. The molecule has 0 aliphatic carbocycles. The van der Waals surface area contributed by atoms with E-state index in [4.69, 9.17) is 23.2 Å². The van der Waals surface area contributed by atoms with Crippen molar-refractivity contribution < 1.29 is 27.5 Å². The number of hydrogen-bond donors (Lipinski definition) is 3. The number of nitrogens with zero attached hydrogens (tertiary/aromatic N) is 1. The Morgan fingerprint density at radius 3 is 2.44 bits per heavy atom. The molecule has 3 unspecified atom stereocenters. The summed E-state index contributed by atoms with van der Waals surface area (Å²) in [7, 11) is 0. The van der Waals surface area contributed by atoms with Crippen LogP contribution in [0.3, 0.4) is 0 Å². The first-order valence-electron chi connectivity index (χ1n) is 4.90. The third-order valence-electron chi connectivity index (χ3n) is 2.23. The molecule has 1 aliphatic heterocycles. The van der Waals surface area contributed by atoms with Gasteiger partial charge in [0, 0.05) is 6.54 Å². The van der Waals surface area contributed by atoms with E-state index in [1.807, 2.05) is 17.3 Å². The Hall–Kier alpha value is 0.290. The van der Waals surface area contributed by atoms with E-state index in [-0.39, 0.29) is 24.2 Å². The van der Waals surface area contributed by atoms with Crippen LogP contribution in [0.25, 0.3) is 0 Å². The molecule has 0 fully saturated rings. The molecule has 16 heavy (non-hydrogen) atoms. The Morgan fingerprint density at radius 2 is 1.88 bits per heavy atom. The van der Waals surface area contributed by atoms with E-state index in [1.165, 1.54) is 0 Å². The van der Waals surface area contributed by atoms with Crippen molar-refractivity contribution in [1.82, 2.24) is 4.90 Å². The van der Waals surface area contributed by atoms with E-state index in [9.17, 15) is 10.2 Å². The van der Waals surface area contributed by atoms with Crippen LogP contribution >= 0.6 is 23.2 Å². The van der Waals surface area contributed by atoms with Crippen LogP contribution in [0.15, 0.2) is 12.4 Å². The molecule has 0 aromatic carbocycles. The predicted molar refractivity (Wildman–Crippen MR) is 60.0 cm³/mol. The molecule has 0 spiro atoms. The van der Waals surface area contributed by atoms with Gasteiger partial charge in [0.2, 0.25) is 0 Å². The summed E-state index contributed by atoms with van der Waals surface area (Å²) in [4.78, 5) is 3.11. The monoisotopic (exact) mass is 290 g/mol. The van der Waals surface area contributed by atoms with Crippen LogP contribution in [0, 0.1) is 0 Å². The second-order valence-electron chi connectivity index (χ2n) is 3.72. The maximum absolute atomic E-state index is 9.36. The number of halogens is 3. The normalized spacial score (nSPS) is 23.0. The number of nitrogens with one attached hydrogen (secondary N) is 1. The molecule has 0 saturated heterocycles. The average Bonchev–Trinajstić information content (AvgIpc) is 2.65. The lowest BCUT2D eigenvalue weighted by Gasteiger charge is -2.19. The minimum Gasteiger partial charge on any atom is -1.00 e. The van der Waals surface area contributed by atoms with Crippen molar-refractivity contribution in [1.29, 1.82) is 0 Å². The van der Waals surface area contributed by atoms with Gasteiger partial charge in [-0.1, -0.05) is 0 Å². The molecule has 0 radical (unpaired) electrons. The summed E-state index contributed by atoms with van der Waals surface area (Å²) >= 11 is 11.0. The van der Waals surface area contributed by atoms with E-state index in [0.29, 0.717) is 13.1 Å². The Bertz CT molecular complexity index is 199. The van der Waals surface area contributed by atoms with E-state index >= 15 is 0 Å². The molecule has 4 nitrogen and oxygen atoms in total. The van der Waals surface area contributed by atoms with Crippen LogP contribution < -0.4 is 17.3 Å². The summed E-state index contributed by atoms with van der Waals surface area (Å²) in [6, 6.07) is 0. The highest BCUT2D eigenvalue weighted by Gasteiger charge is 2.21. The molecule has 0 aromatic rings. The largest absolute Gasteiger partial charge is 1.00 e. The summed E-state index contributed by atoms with van der Waals surface area (Å²) in [5, 5.41) is 18.7. The number of aliphatic hydroxyl groups excluding tert-OH is 2. The first kappa shape index (κ1) is 16.3.